The molecule has 0 fully saturated rings. The second-order valence-corrected chi connectivity index (χ2v) is 6.34. The molecule has 0 aliphatic carbocycles. The summed E-state index contributed by atoms with van der Waals surface area (Å²) in [5, 5.41) is 8.96. The lowest BCUT2D eigenvalue weighted by Gasteiger charge is -2.07. The van der Waals surface area contributed by atoms with E-state index < -0.39 is 32.4 Å². The molecule has 6 nitrogen and oxygen atoms in total. The molecule has 0 atom stereocenters. The molecule has 2 aromatic rings. The number of benzene rings is 1. The van der Waals surface area contributed by atoms with Crippen LogP contribution in [0.4, 0.5) is 13.2 Å². The fraction of sp³-hybridized carbons (Fsp3) is 0.0909. The fourth-order valence-corrected chi connectivity index (χ4v) is 2.67. The highest BCUT2D eigenvalue weighted by molar-refractivity contribution is 7.88. The van der Waals surface area contributed by atoms with Crippen LogP contribution in [0.25, 0.3) is 10.6 Å². The number of hydrogen-bond acceptors (Lipinski definition) is 6. The molecule has 1 N–H and O–H groups in total. The molecule has 0 saturated carbocycles. The third-order valence-corrected chi connectivity index (χ3v) is 4.30. The van der Waals surface area contributed by atoms with Gasteiger partial charge in [-0.25, -0.2) is 4.79 Å². The topological polar surface area (TPSA) is 93.6 Å². The van der Waals surface area contributed by atoms with Crippen molar-refractivity contribution in [3.05, 3.63) is 35.2 Å². The number of thiazole rings is 1. The van der Waals surface area contributed by atoms with Crippen LogP contribution in [-0.2, 0) is 10.1 Å². The predicted octanol–water partition coefficient (Wildman–Crippen LogP) is 2.74. The van der Waals surface area contributed by atoms with Crippen molar-refractivity contribution in [3.8, 4) is 16.5 Å². The maximum atomic E-state index is 12.3. The molecular formula is C11H6F3NO5S2. The molecule has 2 rings (SSSR count). The first-order valence-corrected chi connectivity index (χ1v) is 7.64. The van der Waals surface area contributed by atoms with Gasteiger partial charge in [-0.3, -0.25) is 0 Å². The molecule has 0 aliphatic rings. The zero-order chi connectivity index (χ0) is 16.5. The number of nitrogens with zero attached hydrogens (tertiary/aromatic N) is 1. The van der Waals surface area contributed by atoms with Crippen LogP contribution < -0.4 is 4.18 Å². The normalized spacial score (nSPS) is 12.1. The molecule has 0 amide bonds. The molecule has 0 aliphatic heterocycles. The molecular weight excluding hydrogens is 347 g/mol. The van der Waals surface area contributed by atoms with E-state index >= 15 is 0 Å². The number of carboxylic acid groups (broad SMARTS) is 1. The zero-order valence-corrected chi connectivity index (χ0v) is 12.0. The van der Waals surface area contributed by atoms with Gasteiger partial charge in [-0.2, -0.15) is 26.6 Å². The van der Waals surface area contributed by atoms with Gasteiger partial charge >= 0.3 is 21.6 Å². The van der Waals surface area contributed by atoms with Crippen molar-refractivity contribution in [2.45, 2.75) is 5.51 Å². The summed E-state index contributed by atoms with van der Waals surface area (Å²) in [6.07, 6.45) is 0. The molecule has 0 radical (unpaired) electrons. The van der Waals surface area contributed by atoms with Gasteiger partial charge in [-0.15, -0.1) is 11.3 Å². The van der Waals surface area contributed by atoms with Gasteiger partial charge in [0.15, 0.2) is 4.88 Å². The fourth-order valence-electron chi connectivity index (χ4n) is 1.35. The van der Waals surface area contributed by atoms with Crippen LogP contribution >= 0.6 is 11.3 Å². The average Bonchev–Trinajstić information content (AvgIpc) is 2.82. The highest BCUT2D eigenvalue weighted by Gasteiger charge is 2.49. The lowest BCUT2D eigenvalue weighted by molar-refractivity contribution is -0.0501. The van der Waals surface area contributed by atoms with Gasteiger partial charge in [0.2, 0.25) is 0 Å². The first-order chi connectivity index (χ1) is 10.1. The van der Waals surface area contributed by atoms with Crippen LogP contribution in [0.2, 0.25) is 0 Å². The van der Waals surface area contributed by atoms with Gasteiger partial charge < -0.3 is 9.29 Å². The molecule has 0 unspecified atom stereocenters. The quantitative estimate of drug-likeness (QED) is 0.671. The molecule has 11 heteroatoms. The first-order valence-electron chi connectivity index (χ1n) is 5.42. The summed E-state index contributed by atoms with van der Waals surface area (Å²) < 4.78 is 62.7. The molecule has 118 valence electrons. The van der Waals surface area contributed by atoms with E-state index in [0.29, 0.717) is 16.9 Å². The maximum Gasteiger partial charge on any atom is 0.534 e. The van der Waals surface area contributed by atoms with Crippen molar-refractivity contribution in [3.63, 3.8) is 0 Å². The summed E-state index contributed by atoms with van der Waals surface area (Å²) in [6.45, 7) is 0. The van der Waals surface area contributed by atoms with Crippen molar-refractivity contribution in [2.75, 3.05) is 0 Å². The Balaban J connectivity index is 2.48. The smallest absolute Gasteiger partial charge is 0.477 e. The van der Waals surface area contributed by atoms with Gasteiger partial charge in [0.05, 0.1) is 0 Å². The predicted molar refractivity (Wildman–Crippen MR) is 70.1 cm³/mol. The van der Waals surface area contributed by atoms with Gasteiger partial charge in [0.1, 0.15) is 5.01 Å². The number of carboxylic acids is 1. The van der Waals surface area contributed by atoms with E-state index in [4.69, 9.17) is 5.11 Å². The van der Waals surface area contributed by atoms with Crippen LogP contribution in [0.5, 0.6) is 5.88 Å². The number of alkyl halides is 3. The molecule has 1 aromatic carbocycles. The summed E-state index contributed by atoms with van der Waals surface area (Å²) in [6, 6.07) is 7.94. The molecule has 22 heavy (non-hydrogen) atoms. The monoisotopic (exact) mass is 353 g/mol. The summed E-state index contributed by atoms with van der Waals surface area (Å²) in [4.78, 5) is 13.8. The Morgan fingerprint density at radius 2 is 1.82 bits per heavy atom. The second-order valence-electron chi connectivity index (χ2n) is 3.81. The second kappa shape index (κ2) is 5.57. The highest BCUT2D eigenvalue weighted by atomic mass is 32.2. The van der Waals surface area contributed by atoms with E-state index in [9.17, 15) is 26.4 Å². The number of aromatic carboxylic acids is 1. The van der Waals surface area contributed by atoms with Gasteiger partial charge in [0.25, 0.3) is 5.88 Å². The van der Waals surface area contributed by atoms with Crippen molar-refractivity contribution in [1.29, 1.82) is 0 Å². The lowest BCUT2D eigenvalue weighted by atomic mass is 10.2. The largest absolute Gasteiger partial charge is 0.534 e. The minimum absolute atomic E-state index is 0.0189. The molecule has 1 heterocycles. The van der Waals surface area contributed by atoms with Crippen molar-refractivity contribution in [1.82, 2.24) is 4.98 Å². The minimum Gasteiger partial charge on any atom is -0.477 e. The number of aromatic nitrogens is 1. The summed E-state index contributed by atoms with van der Waals surface area (Å²) >= 11 is 0.505. The van der Waals surface area contributed by atoms with Crippen molar-refractivity contribution in [2.24, 2.45) is 0 Å². The molecule has 0 bridgehead atoms. The van der Waals surface area contributed by atoms with E-state index in [1.807, 2.05) is 0 Å². The number of hydrogen-bond donors (Lipinski definition) is 1. The van der Waals surface area contributed by atoms with Crippen LogP contribution in [0, 0.1) is 0 Å². The van der Waals surface area contributed by atoms with Gasteiger partial charge in [-0.05, 0) is 0 Å². The van der Waals surface area contributed by atoms with Crippen molar-refractivity contribution < 1.29 is 35.7 Å². The SMILES string of the molecule is O=C(O)c1sc(-c2ccccc2)nc1OS(=O)(=O)C(F)(F)F. The first kappa shape index (κ1) is 16.2. The number of rotatable bonds is 4. The third kappa shape index (κ3) is 3.20. The Kier molecular flexibility index (Phi) is 4.11. The Bertz CT molecular complexity index is 799. The van der Waals surface area contributed by atoms with E-state index in [1.54, 1.807) is 18.2 Å². The summed E-state index contributed by atoms with van der Waals surface area (Å²) in [5.41, 5.74) is -5.27. The Morgan fingerprint density at radius 3 is 2.32 bits per heavy atom. The molecule has 1 aromatic heterocycles. The maximum absolute atomic E-state index is 12.3. The van der Waals surface area contributed by atoms with E-state index in [2.05, 4.69) is 9.17 Å². The third-order valence-electron chi connectivity index (χ3n) is 2.28. The van der Waals surface area contributed by atoms with Crippen LogP contribution in [0.1, 0.15) is 9.67 Å². The molecule has 0 spiro atoms. The van der Waals surface area contributed by atoms with Gasteiger partial charge in [0, 0.05) is 5.56 Å². The standard InChI is InChI=1S/C11H6F3NO5S2/c12-11(13,14)22(18,19)20-8-7(10(16)17)21-9(15-8)6-4-2-1-3-5-6/h1-5H,(H,16,17). The summed E-state index contributed by atoms with van der Waals surface area (Å²) in [5.74, 6) is -2.76. The lowest BCUT2D eigenvalue weighted by Crippen LogP contribution is -2.28. The Hall–Kier alpha value is -2.14. The van der Waals surface area contributed by atoms with E-state index in [1.165, 1.54) is 12.1 Å². The van der Waals surface area contributed by atoms with Crippen LogP contribution in [0.3, 0.4) is 0 Å². The zero-order valence-electron chi connectivity index (χ0n) is 10.4. The number of halogens is 3. The summed E-state index contributed by atoms with van der Waals surface area (Å²) in [7, 11) is -5.99. The van der Waals surface area contributed by atoms with E-state index in [-0.39, 0.29) is 5.01 Å². The minimum atomic E-state index is -5.99. The Labute approximate surface area is 125 Å². The number of carbonyl (C=O) groups is 1. The average molecular weight is 353 g/mol. The molecule has 0 saturated heterocycles. The van der Waals surface area contributed by atoms with Gasteiger partial charge in [-0.1, -0.05) is 30.3 Å². The van der Waals surface area contributed by atoms with E-state index in [0.717, 1.165) is 0 Å². The van der Waals surface area contributed by atoms with Crippen LogP contribution in [-0.4, -0.2) is 30.0 Å². The highest BCUT2D eigenvalue weighted by Crippen LogP contribution is 2.35. The van der Waals surface area contributed by atoms with Crippen molar-refractivity contribution >= 4 is 27.4 Å². The Morgan fingerprint density at radius 1 is 1.23 bits per heavy atom. The van der Waals surface area contributed by atoms with Crippen LogP contribution in [0.15, 0.2) is 30.3 Å².